The third-order valence-corrected chi connectivity index (χ3v) is 3.07. The van der Waals surface area contributed by atoms with Crippen molar-refractivity contribution in [2.45, 2.75) is 6.92 Å². The highest BCUT2D eigenvalue weighted by molar-refractivity contribution is 6.30. The van der Waals surface area contributed by atoms with E-state index < -0.39 is 5.82 Å². The molecule has 3 nitrogen and oxygen atoms in total. The molecule has 1 heterocycles. The number of rotatable bonds is 1. The Morgan fingerprint density at radius 2 is 2.00 bits per heavy atom. The summed E-state index contributed by atoms with van der Waals surface area (Å²) in [6, 6.07) is 4.47. The van der Waals surface area contributed by atoms with E-state index in [0.717, 1.165) is 16.7 Å². The summed E-state index contributed by atoms with van der Waals surface area (Å²) in [5, 5.41) is 0.122. The molecule has 0 saturated carbocycles. The zero-order chi connectivity index (χ0) is 13.4. The number of aromatic nitrogens is 1. The van der Waals surface area contributed by atoms with E-state index in [4.69, 9.17) is 17.3 Å². The van der Waals surface area contributed by atoms with E-state index in [2.05, 4.69) is 0 Å². The molecule has 1 aromatic heterocycles. The summed E-state index contributed by atoms with van der Waals surface area (Å²) in [4.78, 5) is 11.5. The first kappa shape index (κ1) is 12.6. The molecule has 0 bridgehead atoms. The Kier molecular flexibility index (Phi) is 3.13. The maximum Gasteiger partial charge on any atom is 0.269 e. The standard InChI is InChI=1S/C13H12ClFN2O/c1-7-3-11(15)12(16)5-9(7)8-4-10(14)13(18)17(2)6-8/h3-6H,16H2,1-2H3. The van der Waals surface area contributed by atoms with Gasteiger partial charge < -0.3 is 10.3 Å². The van der Waals surface area contributed by atoms with E-state index >= 15 is 0 Å². The molecule has 0 aliphatic carbocycles. The highest BCUT2D eigenvalue weighted by Crippen LogP contribution is 2.27. The summed E-state index contributed by atoms with van der Waals surface area (Å²) >= 11 is 5.85. The first-order valence-corrected chi connectivity index (χ1v) is 5.70. The maximum absolute atomic E-state index is 13.3. The monoisotopic (exact) mass is 266 g/mol. The summed E-state index contributed by atoms with van der Waals surface area (Å²) in [5.41, 5.74) is 7.57. The van der Waals surface area contributed by atoms with Crippen LogP contribution in [0.25, 0.3) is 11.1 Å². The van der Waals surface area contributed by atoms with Crippen molar-refractivity contribution < 1.29 is 4.39 Å². The fourth-order valence-electron chi connectivity index (χ4n) is 1.82. The van der Waals surface area contributed by atoms with Crippen molar-refractivity contribution in [1.82, 2.24) is 4.57 Å². The summed E-state index contributed by atoms with van der Waals surface area (Å²) in [5.74, 6) is -0.452. The van der Waals surface area contributed by atoms with Gasteiger partial charge in [-0.05, 0) is 36.2 Å². The SMILES string of the molecule is Cc1cc(F)c(N)cc1-c1cc(Cl)c(=O)n(C)c1. The molecule has 2 N–H and O–H groups in total. The molecule has 0 amide bonds. The van der Waals surface area contributed by atoms with Gasteiger partial charge in [-0.1, -0.05) is 11.6 Å². The molecule has 2 rings (SSSR count). The van der Waals surface area contributed by atoms with Crippen molar-refractivity contribution in [1.29, 1.82) is 0 Å². The van der Waals surface area contributed by atoms with Gasteiger partial charge >= 0.3 is 0 Å². The van der Waals surface area contributed by atoms with Crippen molar-refractivity contribution in [2.75, 3.05) is 5.73 Å². The molecule has 2 aromatic rings. The van der Waals surface area contributed by atoms with Crippen LogP contribution in [0.5, 0.6) is 0 Å². The van der Waals surface area contributed by atoms with Gasteiger partial charge in [0.2, 0.25) is 0 Å². The molecule has 0 spiro atoms. The van der Waals surface area contributed by atoms with Gasteiger partial charge in [0.1, 0.15) is 10.8 Å². The second kappa shape index (κ2) is 4.46. The number of nitrogens with zero attached hydrogens (tertiary/aromatic N) is 1. The number of pyridine rings is 1. The molecule has 0 atom stereocenters. The first-order chi connectivity index (χ1) is 8.40. The molecular weight excluding hydrogens is 255 g/mol. The van der Waals surface area contributed by atoms with Crippen LogP contribution >= 0.6 is 11.6 Å². The lowest BCUT2D eigenvalue weighted by molar-refractivity contribution is 0.631. The van der Waals surface area contributed by atoms with Gasteiger partial charge in [-0.15, -0.1) is 0 Å². The number of benzene rings is 1. The van der Waals surface area contributed by atoms with Crippen LogP contribution in [-0.2, 0) is 7.05 Å². The third-order valence-electron chi connectivity index (χ3n) is 2.79. The van der Waals surface area contributed by atoms with E-state index in [1.165, 1.54) is 10.6 Å². The molecule has 1 aromatic carbocycles. The molecule has 0 radical (unpaired) electrons. The van der Waals surface area contributed by atoms with E-state index in [1.54, 1.807) is 32.3 Å². The van der Waals surface area contributed by atoms with Crippen LogP contribution in [0.2, 0.25) is 5.02 Å². The average Bonchev–Trinajstić information content (AvgIpc) is 2.30. The van der Waals surface area contributed by atoms with E-state index in [0.29, 0.717) is 0 Å². The van der Waals surface area contributed by atoms with Gasteiger partial charge in [0.25, 0.3) is 5.56 Å². The highest BCUT2D eigenvalue weighted by atomic mass is 35.5. The fraction of sp³-hybridized carbons (Fsp3) is 0.154. The number of hydrogen-bond donors (Lipinski definition) is 1. The van der Waals surface area contributed by atoms with Crippen molar-refractivity contribution >= 4 is 17.3 Å². The maximum atomic E-state index is 13.3. The highest BCUT2D eigenvalue weighted by Gasteiger charge is 2.09. The largest absolute Gasteiger partial charge is 0.396 e. The number of aryl methyl sites for hydroxylation is 2. The number of nitrogen functional groups attached to an aromatic ring is 1. The summed E-state index contributed by atoms with van der Waals surface area (Å²) in [7, 11) is 1.61. The van der Waals surface area contributed by atoms with Crippen LogP contribution in [0.15, 0.2) is 29.2 Å². The van der Waals surface area contributed by atoms with Crippen LogP contribution in [0.4, 0.5) is 10.1 Å². The molecule has 5 heteroatoms. The lowest BCUT2D eigenvalue weighted by Crippen LogP contribution is -2.16. The van der Waals surface area contributed by atoms with Crippen LogP contribution in [0.3, 0.4) is 0 Å². The van der Waals surface area contributed by atoms with Crippen molar-refractivity contribution in [3.63, 3.8) is 0 Å². The predicted octanol–water partition coefficient (Wildman–Crippen LogP) is 2.74. The molecule has 18 heavy (non-hydrogen) atoms. The zero-order valence-electron chi connectivity index (χ0n) is 10.00. The van der Waals surface area contributed by atoms with Crippen LogP contribution in [0, 0.1) is 12.7 Å². The van der Waals surface area contributed by atoms with E-state index in [1.807, 2.05) is 0 Å². The third kappa shape index (κ3) is 2.11. The Bertz CT molecular complexity index is 653. The van der Waals surface area contributed by atoms with E-state index in [-0.39, 0.29) is 16.3 Å². The summed E-state index contributed by atoms with van der Waals surface area (Å²) in [6.45, 7) is 1.77. The second-order valence-electron chi connectivity index (χ2n) is 4.18. The molecule has 0 unspecified atom stereocenters. The molecule has 94 valence electrons. The van der Waals surface area contributed by atoms with Gasteiger partial charge in [0.05, 0.1) is 5.69 Å². The van der Waals surface area contributed by atoms with Gasteiger partial charge in [-0.3, -0.25) is 4.79 Å². The van der Waals surface area contributed by atoms with Crippen LogP contribution in [0.1, 0.15) is 5.56 Å². The number of hydrogen-bond acceptors (Lipinski definition) is 2. The Balaban J connectivity index is 2.70. The van der Waals surface area contributed by atoms with Crippen molar-refractivity contribution in [2.24, 2.45) is 7.05 Å². The zero-order valence-corrected chi connectivity index (χ0v) is 10.8. The Labute approximate surface area is 109 Å². The quantitative estimate of drug-likeness (QED) is 0.807. The minimum absolute atomic E-state index is 0.0700. The van der Waals surface area contributed by atoms with Crippen LogP contribution in [-0.4, -0.2) is 4.57 Å². The number of anilines is 1. The average molecular weight is 267 g/mol. The van der Waals surface area contributed by atoms with Crippen molar-refractivity contribution in [3.05, 3.63) is 51.2 Å². The van der Waals surface area contributed by atoms with Gasteiger partial charge in [0.15, 0.2) is 0 Å². The lowest BCUT2D eigenvalue weighted by atomic mass is 10.0. The van der Waals surface area contributed by atoms with Gasteiger partial charge in [-0.25, -0.2) is 4.39 Å². The van der Waals surface area contributed by atoms with E-state index in [9.17, 15) is 9.18 Å². The molecule has 0 aliphatic heterocycles. The molecule has 0 aliphatic rings. The molecular formula is C13H12ClFN2O. The minimum Gasteiger partial charge on any atom is -0.396 e. The molecule has 0 saturated heterocycles. The lowest BCUT2D eigenvalue weighted by Gasteiger charge is -2.10. The smallest absolute Gasteiger partial charge is 0.269 e. The first-order valence-electron chi connectivity index (χ1n) is 5.32. The van der Waals surface area contributed by atoms with Crippen molar-refractivity contribution in [3.8, 4) is 11.1 Å². The van der Waals surface area contributed by atoms with Gasteiger partial charge in [0, 0.05) is 18.8 Å². The number of nitrogens with two attached hydrogens (primary N) is 1. The fourth-order valence-corrected chi connectivity index (χ4v) is 2.07. The second-order valence-corrected chi connectivity index (χ2v) is 4.59. The Hall–Kier alpha value is -1.81. The summed E-state index contributed by atoms with van der Waals surface area (Å²) in [6.07, 6.45) is 1.65. The topological polar surface area (TPSA) is 48.0 Å². The predicted molar refractivity (Wildman–Crippen MR) is 71.2 cm³/mol. The number of halogens is 2. The minimum atomic E-state index is -0.452. The Morgan fingerprint density at radius 1 is 1.33 bits per heavy atom. The van der Waals surface area contributed by atoms with Gasteiger partial charge in [-0.2, -0.15) is 0 Å². The van der Waals surface area contributed by atoms with Crippen LogP contribution < -0.4 is 11.3 Å². The normalized spacial score (nSPS) is 10.7. The Morgan fingerprint density at radius 3 is 2.61 bits per heavy atom. The summed E-state index contributed by atoms with van der Waals surface area (Å²) < 4.78 is 14.7. The molecule has 0 fully saturated rings.